The van der Waals surface area contributed by atoms with E-state index in [0.29, 0.717) is 30.0 Å². The fraction of sp³-hybridized carbons (Fsp3) is 0.250. The molecule has 186 valence electrons. The molecule has 1 atom stereocenters. The minimum absolute atomic E-state index is 0.0871. The minimum atomic E-state index is -0.197. The summed E-state index contributed by atoms with van der Waals surface area (Å²) < 4.78 is 11.1. The molecule has 1 aromatic heterocycles. The number of carbonyl (C=O) groups is 2. The van der Waals surface area contributed by atoms with E-state index in [9.17, 15) is 9.59 Å². The first-order chi connectivity index (χ1) is 17.4. The van der Waals surface area contributed by atoms with E-state index in [1.807, 2.05) is 55.6 Å². The summed E-state index contributed by atoms with van der Waals surface area (Å²) >= 11 is 0. The van der Waals surface area contributed by atoms with Gasteiger partial charge in [-0.05, 0) is 66.4 Å². The van der Waals surface area contributed by atoms with Crippen LogP contribution in [0.2, 0.25) is 0 Å². The number of pyridine rings is 1. The summed E-state index contributed by atoms with van der Waals surface area (Å²) in [6.07, 6.45) is 4.19. The van der Waals surface area contributed by atoms with Crippen LogP contribution >= 0.6 is 0 Å². The molecule has 0 spiro atoms. The Morgan fingerprint density at radius 2 is 1.78 bits per heavy atom. The summed E-state index contributed by atoms with van der Waals surface area (Å²) in [6.45, 7) is 2.35. The van der Waals surface area contributed by atoms with Crippen LogP contribution in [0.15, 0.2) is 67.0 Å². The number of urea groups is 1. The van der Waals surface area contributed by atoms with Crippen molar-refractivity contribution in [3.63, 3.8) is 0 Å². The molecule has 4 rings (SSSR count). The molecule has 8 nitrogen and oxygen atoms in total. The second-order valence-corrected chi connectivity index (χ2v) is 8.50. The number of rotatable bonds is 6. The highest BCUT2D eigenvalue weighted by atomic mass is 16.5. The fourth-order valence-electron chi connectivity index (χ4n) is 4.29. The second kappa shape index (κ2) is 10.9. The van der Waals surface area contributed by atoms with Gasteiger partial charge >= 0.3 is 6.03 Å². The van der Waals surface area contributed by atoms with Crippen LogP contribution in [0, 0.1) is 0 Å². The van der Waals surface area contributed by atoms with Gasteiger partial charge in [0.15, 0.2) is 11.5 Å². The molecule has 0 saturated carbocycles. The zero-order valence-corrected chi connectivity index (χ0v) is 20.9. The van der Waals surface area contributed by atoms with Crippen molar-refractivity contribution < 1.29 is 19.1 Å². The number of aromatic nitrogens is 1. The van der Waals surface area contributed by atoms with Gasteiger partial charge in [0.25, 0.3) is 5.91 Å². The Morgan fingerprint density at radius 3 is 2.42 bits per heavy atom. The van der Waals surface area contributed by atoms with Gasteiger partial charge in [-0.25, -0.2) is 4.79 Å². The maximum Gasteiger partial charge on any atom is 0.321 e. The van der Waals surface area contributed by atoms with Gasteiger partial charge in [-0.1, -0.05) is 18.2 Å². The van der Waals surface area contributed by atoms with E-state index in [2.05, 4.69) is 15.6 Å². The van der Waals surface area contributed by atoms with Crippen molar-refractivity contribution in [1.82, 2.24) is 20.5 Å². The highest BCUT2D eigenvalue weighted by Crippen LogP contribution is 2.39. The highest BCUT2D eigenvalue weighted by molar-refractivity contribution is 5.95. The van der Waals surface area contributed by atoms with Gasteiger partial charge in [0.05, 0.1) is 26.5 Å². The Balaban J connectivity index is 1.69. The number of hydrogen-bond acceptors (Lipinski definition) is 5. The van der Waals surface area contributed by atoms with Crippen molar-refractivity contribution in [2.75, 3.05) is 21.3 Å². The Morgan fingerprint density at radius 1 is 1.06 bits per heavy atom. The molecule has 0 bridgehead atoms. The summed E-state index contributed by atoms with van der Waals surface area (Å²) in [7, 11) is 4.82. The Hall–Kier alpha value is -4.33. The van der Waals surface area contributed by atoms with Crippen molar-refractivity contribution in [3.05, 3.63) is 94.9 Å². The summed E-state index contributed by atoms with van der Waals surface area (Å²) in [6, 6.07) is 16.5. The molecule has 2 heterocycles. The summed E-state index contributed by atoms with van der Waals surface area (Å²) in [4.78, 5) is 31.3. The molecule has 1 aliphatic heterocycles. The van der Waals surface area contributed by atoms with Crippen molar-refractivity contribution in [2.24, 2.45) is 0 Å². The second-order valence-electron chi connectivity index (χ2n) is 8.50. The number of hydrogen-bond donors (Lipinski definition) is 2. The number of ether oxygens (including phenoxy) is 2. The van der Waals surface area contributed by atoms with Gasteiger partial charge in [0, 0.05) is 36.6 Å². The van der Waals surface area contributed by atoms with Gasteiger partial charge in [-0.2, -0.15) is 0 Å². The largest absolute Gasteiger partial charge is 0.493 e. The predicted octanol–water partition coefficient (Wildman–Crippen LogP) is 4.00. The average Bonchev–Trinajstić information content (AvgIpc) is 3.06. The number of benzene rings is 2. The van der Waals surface area contributed by atoms with Crippen LogP contribution in [-0.4, -0.2) is 49.1 Å². The van der Waals surface area contributed by atoms with Gasteiger partial charge in [-0.15, -0.1) is 0 Å². The van der Waals surface area contributed by atoms with Crippen molar-refractivity contribution in [3.8, 4) is 11.5 Å². The van der Waals surface area contributed by atoms with E-state index in [1.165, 1.54) is 0 Å². The zero-order valence-electron chi connectivity index (χ0n) is 20.9. The molecule has 1 unspecified atom stereocenters. The quantitative estimate of drug-likeness (QED) is 0.549. The maximum absolute atomic E-state index is 12.7. The van der Waals surface area contributed by atoms with E-state index >= 15 is 0 Å². The molecular weight excluding hydrogens is 456 g/mol. The topological polar surface area (TPSA) is 92.8 Å². The van der Waals surface area contributed by atoms with E-state index in [1.54, 1.807) is 44.5 Å². The number of fused-ring (bicyclic) bond motifs is 1. The molecule has 36 heavy (non-hydrogen) atoms. The number of nitrogens with zero attached hydrogens (tertiary/aromatic N) is 2. The normalized spacial score (nSPS) is 14.7. The van der Waals surface area contributed by atoms with E-state index in [-0.39, 0.29) is 18.0 Å². The van der Waals surface area contributed by atoms with Crippen LogP contribution in [0.1, 0.15) is 39.7 Å². The standard InChI is InChI=1S/C28H30N4O4/c1-18-13-21-14-25(35-3)26(36-4)15-23(21)24(17-32(18)28(34)29-2)19-8-10-20(11-9-19)27(33)31-16-22-7-5-6-12-30-22/h5-12,14-15,17-18H,13,16H2,1-4H3,(H,29,34)(H,31,33). The Kier molecular flexibility index (Phi) is 7.53. The van der Waals surface area contributed by atoms with Crippen LogP contribution in [0.5, 0.6) is 11.5 Å². The number of carbonyl (C=O) groups excluding carboxylic acids is 2. The van der Waals surface area contributed by atoms with E-state index < -0.39 is 0 Å². The Labute approximate surface area is 210 Å². The third-order valence-electron chi connectivity index (χ3n) is 6.22. The van der Waals surface area contributed by atoms with E-state index in [4.69, 9.17) is 9.47 Å². The first-order valence-electron chi connectivity index (χ1n) is 11.7. The fourth-order valence-corrected chi connectivity index (χ4v) is 4.29. The molecule has 2 N–H and O–H groups in total. The monoisotopic (exact) mass is 486 g/mol. The molecule has 0 fully saturated rings. The lowest BCUT2D eigenvalue weighted by molar-refractivity contribution is 0.0950. The lowest BCUT2D eigenvalue weighted by atomic mass is 9.92. The molecule has 3 amide bonds. The first kappa shape index (κ1) is 24.8. The molecular formula is C28H30N4O4. The van der Waals surface area contributed by atoms with Crippen LogP contribution in [0.3, 0.4) is 0 Å². The predicted molar refractivity (Wildman–Crippen MR) is 138 cm³/mol. The number of amides is 3. The summed E-state index contributed by atoms with van der Waals surface area (Å²) in [5, 5.41) is 5.62. The smallest absolute Gasteiger partial charge is 0.321 e. The maximum atomic E-state index is 12.7. The lowest BCUT2D eigenvalue weighted by Gasteiger charge is -2.24. The SMILES string of the molecule is CNC(=O)N1C=C(c2ccc(C(=O)NCc3ccccn3)cc2)c2cc(OC)c(OC)cc2CC1C. The zero-order chi connectivity index (χ0) is 25.7. The third kappa shape index (κ3) is 5.17. The summed E-state index contributed by atoms with van der Waals surface area (Å²) in [5.74, 6) is 1.05. The molecule has 0 radical (unpaired) electrons. The first-order valence-corrected chi connectivity index (χ1v) is 11.7. The average molecular weight is 487 g/mol. The van der Waals surface area contributed by atoms with Gasteiger partial charge in [0.1, 0.15) is 0 Å². The van der Waals surface area contributed by atoms with Gasteiger partial charge in [-0.3, -0.25) is 14.7 Å². The minimum Gasteiger partial charge on any atom is -0.493 e. The van der Waals surface area contributed by atoms with Crippen LogP contribution in [0.25, 0.3) is 5.57 Å². The van der Waals surface area contributed by atoms with Crippen LogP contribution in [0.4, 0.5) is 4.79 Å². The van der Waals surface area contributed by atoms with Crippen LogP contribution < -0.4 is 20.1 Å². The third-order valence-corrected chi connectivity index (χ3v) is 6.22. The van der Waals surface area contributed by atoms with Crippen molar-refractivity contribution in [2.45, 2.75) is 25.9 Å². The molecule has 3 aromatic rings. The van der Waals surface area contributed by atoms with Crippen LogP contribution in [-0.2, 0) is 13.0 Å². The van der Waals surface area contributed by atoms with Gasteiger partial charge in [0.2, 0.25) is 0 Å². The molecule has 0 saturated heterocycles. The van der Waals surface area contributed by atoms with Crippen molar-refractivity contribution >= 4 is 17.5 Å². The van der Waals surface area contributed by atoms with Crippen molar-refractivity contribution in [1.29, 1.82) is 0 Å². The molecule has 2 aromatic carbocycles. The highest BCUT2D eigenvalue weighted by Gasteiger charge is 2.27. The number of nitrogens with one attached hydrogen (secondary N) is 2. The summed E-state index contributed by atoms with van der Waals surface area (Å²) in [5.41, 5.74) is 5.02. The lowest BCUT2D eigenvalue weighted by Crippen LogP contribution is -2.40. The Bertz CT molecular complexity index is 1270. The number of methoxy groups -OCH3 is 2. The molecule has 0 aliphatic carbocycles. The van der Waals surface area contributed by atoms with Gasteiger partial charge < -0.3 is 20.1 Å². The molecule has 1 aliphatic rings. The molecule has 8 heteroatoms. The van der Waals surface area contributed by atoms with E-state index in [0.717, 1.165) is 28.0 Å².